The maximum atomic E-state index is 13.7. The number of fused-ring (bicyclic) bond motifs is 2. The average molecular weight is 362 g/mol. The van der Waals surface area contributed by atoms with Gasteiger partial charge in [0.2, 0.25) is 5.91 Å². The van der Waals surface area contributed by atoms with E-state index in [1.807, 2.05) is 0 Å². The molecule has 0 aliphatic heterocycles. The number of carbonyl (C=O) groups excluding carboxylic acids is 1. The fraction of sp³-hybridized carbons (Fsp3) is 0.957. The van der Waals surface area contributed by atoms with Gasteiger partial charge in [0.15, 0.2) is 0 Å². The Hall–Kier alpha value is -0.570. The molecule has 2 bridgehead atoms. The molecule has 0 spiro atoms. The lowest BCUT2D eigenvalue weighted by Gasteiger charge is -2.46. The summed E-state index contributed by atoms with van der Waals surface area (Å²) in [6.45, 7) is 4.64. The molecule has 4 rings (SSSR count). The van der Waals surface area contributed by atoms with Gasteiger partial charge in [-0.15, -0.1) is 0 Å². The van der Waals surface area contributed by atoms with Crippen molar-refractivity contribution < 1.29 is 9.90 Å². The lowest BCUT2D eigenvalue weighted by atomic mass is 9.66. The second-order valence-electron chi connectivity index (χ2n) is 10.4. The van der Waals surface area contributed by atoms with Crippen LogP contribution in [0.5, 0.6) is 0 Å². The Morgan fingerprint density at radius 3 is 1.88 bits per heavy atom. The van der Waals surface area contributed by atoms with Crippen LogP contribution < -0.4 is 0 Å². The van der Waals surface area contributed by atoms with E-state index in [0.29, 0.717) is 30.3 Å². The topological polar surface area (TPSA) is 40.5 Å². The van der Waals surface area contributed by atoms with Crippen LogP contribution in [-0.2, 0) is 4.79 Å². The van der Waals surface area contributed by atoms with Gasteiger partial charge in [0.25, 0.3) is 0 Å². The van der Waals surface area contributed by atoms with Crippen LogP contribution in [0.2, 0.25) is 0 Å². The molecule has 1 N–H and O–H groups in total. The van der Waals surface area contributed by atoms with Crippen LogP contribution in [-0.4, -0.2) is 34.1 Å². The minimum atomic E-state index is -0.278. The molecular formula is C23H39NO2. The highest BCUT2D eigenvalue weighted by Crippen LogP contribution is 2.67. The van der Waals surface area contributed by atoms with Crippen LogP contribution in [0.25, 0.3) is 0 Å². The maximum Gasteiger partial charge on any atom is 0.223 e. The van der Waals surface area contributed by atoms with Gasteiger partial charge in [0, 0.05) is 23.9 Å². The molecule has 3 atom stereocenters. The Kier molecular flexibility index (Phi) is 5.14. The van der Waals surface area contributed by atoms with Crippen LogP contribution in [0.3, 0.4) is 0 Å². The smallest absolute Gasteiger partial charge is 0.223 e. The van der Waals surface area contributed by atoms with Gasteiger partial charge >= 0.3 is 0 Å². The molecular weight excluding hydrogens is 322 g/mol. The number of amides is 1. The van der Waals surface area contributed by atoms with E-state index < -0.39 is 0 Å². The summed E-state index contributed by atoms with van der Waals surface area (Å²) in [6.07, 6.45) is 16.0. The van der Waals surface area contributed by atoms with E-state index in [4.69, 9.17) is 0 Å². The highest BCUT2D eigenvalue weighted by molar-refractivity contribution is 5.78. The predicted octanol–water partition coefficient (Wildman–Crippen LogP) is 5.06. The van der Waals surface area contributed by atoms with Gasteiger partial charge in [0.05, 0.1) is 6.10 Å². The molecule has 4 aliphatic carbocycles. The number of rotatable bonds is 4. The van der Waals surface area contributed by atoms with Crippen molar-refractivity contribution >= 4 is 5.91 Å². The van der Waals surface area contributed by atoms with Gasteiger partial charge < -0.3 is 10.0 Å². The Balaban J connectivity index is 1.56. The van der Waals surface area contributed by atoms with Crippen molar-refractivity contribution in [1.82, 2.24) is 4.90 Å². The van der Waals surface area contributed by atoms with Crippen LogP contribution in [0.15, 0.2) is 0 Å². The van der Waals surface area contributed by atoms with E-state index in [9.17, 15) is 9.90 Å². The van der Waals surface area contributed by atoms with Crippen molar-refractivity contribution in [2.24, 2.45) is 16.7 Å². The SMILES string of the molecule is CC1(C)C2CCC1(CC(=O)N(C1CCCCC1)C1CCCCC1)C(O)C2. The molecule has 0 aromatic rings. The first-order valence-electron chi connectivity index (χ1n) is 11.4. The van der Waals surface area contributed by atoms with Crippen LogP contribution in [0.4, 0.5) is 0 Å². The Labute approximate surface area is 159 Å². The lowest BCUT2D eigenvalue weighted by Crippen LogP contribution is -2.52. The van der Waals surface area contributed by atoms with Gasteiger partial charge in [-0.1, -0.05) is 52.4 Å². The first-order valence-corrected chi connectivity index (χ1v) is 11.4. The third-order valence-corrected chi connectivity index (χ3v) is 9.08. The lowest BCUT2D eigenvalue weighted by molar-refractivity contribution is -0.145. The largest absolute Gasteiger partial charge is 0.393 e. The number of hydrogen-bond donors (Lipinski definition) is 1. The van der Waals surface area contributed by atoms with Crippen molar-refractivity contribution in [3.05, 3.63) is 0 Å². The summed E-state index contributed by atoms with van der Waals surface area (Å²) in [5, 5.41) is 10.9. The molecule has 4 saturated carbocycles. The summed E-state index contributed by atoms with van der Waals surface area (Å²) in [6, 6.07) is 0.934. The molecule has 0 heterocycles. The normalized spacial score (nSPS) is 37.8. The number of aliphatic hydroxyl groups is 1. The summed E-state index contributed by atoms with van der Waals surface area (Å²) in [5.41, 5.74) is -0.0663. The quantitative estimate of drug-likeness (QED) is 0.760. The van der Waals surface area contributed by atoms with E-state index in [1.54, 1.807) is 0 Å². The van der Waals surface area contributed by atoms with Gasteiger partial charge in [-0.3, -0.25) is 4.79 Å². The van der Waals surface area contributed by atoms with E-state index in [0.717, 1.165) is 12.8 Å². The molecule has 0 radical (unpaired) electrons. The van der Waals surface area contributed by atoms with Gasteiger partial charge in [-0.05, 0) is 56.3 Å². The number of carbonyl (C=O) groups is 1. The summed E-state index contributed by atoms with van der Waals surface area (Å²) in [5.74, 6) is 0.974. The molecule has 0 saturated heterocycles. The predicted molar refractivity (Wildman–Crippen MR) is 105 cm³/mol. The van der Waals surface area contributed by atoms with Crippen molar-refractivity contribution in [1.29, 1.82) is 0 Å². The standard InChI is InChI=1S/C23H39NO2/c1-22(2)17-13-14-23(22,20(25)15-17)16-21(26)24(18-9-5-3-6-10-18)19-11-7-4-8-12-19/h17-20,25H,3-16H2,1-2H3. The average Bonchev–Trinajstić information content (AvgIpc) is 2.98. The molecule has 148 valence electrons. The Morgan fingerprint density at radius 2 is 1.46 bits per heavy atom. The molecule has 3 heteroatoms. The first-order chi connectivity index (χ1) is 12.5. The summed E-state index contributed by atoms with van der Waals surface area (Å²) >= 11 is 0. The van der Waals surface area contributed by atoms with Crippen LogP contribution in [0.1, 0.15) is 104 Å². The number of nitrogens with zero attached hydrogens (tertiary/aromatic N) is 1. The maximum absolute atomic E-state index is 13.7. The third-order valence-electron chi connectivity index (χ3n) is 9.08. The van der Waals surface area contributed by atoms with Crippen molar-refractivity contribution in [3.63, 3.8) is 0 Å². The zero-order valence-corrected chi connectivity index (χ0v) is 17.0. The van der Waals surface area contributed by atoms with Gasteiger partial charge in [-0.25, -0.2) is 0 Å². The van der Waals surface area contributed by atoms with Crippen molar-refractivity contribution in [3.8, 4) is 0 Å². The van der Waals surface area contributed by atoms with Crippen LogP contribution in [0, 0.1) is 16.7 Å². The van der Waals surface area contributed by atoms with Crippen molar-refractivity contribution in [2.45, 2.75) is 122 Å². The molecule has 26 heavy (non-hydrogen) atoms. The summed E-state index contributed by atoms with van der Waals surface area (Å²) in [4.78, 5) is 16.1. The molecule has 3 nitrogen and oxygen atoms in total. The highest BCUT2D eigenvalue weighted by Gasteiger charge is 2.64. The van der Waals surface area contributed by atoms with E-state index in [-0.39, 0.29) is 16.9 Å². The minimum Gasteiger partial charge on any atom is -0.393 e. The summed E-state index contributed by atoms with van der Waals surface area (Å²) in [7, 11) is 0. The monoisotopic (exact) mass is 361 g/mol. The molecule has 4 fully saturated rings. The highest BCUT2D eigenvalue weighted by atomic mass is 16.3. The van der Waals surface area contributed by atoms with E-state index in [1.165, 1.54) is 70.6 Å². The van der Waals surface area contributed by atoms with Crippen LogP contribution >= 0.6 is 0 Å². The number of aliphatic hydroxyl groups excluding tert-OH is 1. The molecule has 1 amide bonds. The zero-order valence-electron chi connectivity index (χ0n) is 17.0. The zero-order chi connectivity index (χ0) is 18.4. The fourth-order valence-electron chi connectivity index (χ4n) is 7.24. The Morgan fingerprint density at radius 1 is 0.923 bits per heavy atom. The van der Waals surface area contributed by atoms with E-state index >= 15 is 0 Å². The van der Waals surface area contributed by atoms with Crippen molar-refractivity contribution in [2.75, 3.05) is 0 Å². The molecule has 3 unspecified atom stereocenters. The Bertz CT molecular complexity index is 500. The minimum absolute atomic E-state index is 0.104. The fourth-order valence-corrected chi connectivity index (χ4v) is 7.24. The second kappa shape index (κ2) is 7.11. The summed E-state index contributed by atoms with van der Waals surface area (Å²) < 4.78 is 0. The number of hydrogen-bond acceptors (Lipinski definition) is 2. The second-order valence-corrected chi connectivity index (χ2v) is 10.4. The molecule has 0 aromatic heterocycles. The first kappa shape index (κ1) is 18.8. The molecule has 0 aromatic carbocycles. The van der Waals surface area contributed by atoms with Gasteiger partial charge in [-0.2, -0.15) is 0 Å². The third kappa shape index (κ3) is 2.93. The molecule has 4 aliphatic rings. The van der Waals surface area contributed by atoms with Gasteiger partial charge in [0.1, 0.15) is 0 Å². The van der Waals surface area contributed by atoms with E-state index in [2.05, 4.69) is 18.7 Å².